The molecule has 1 aromatic rings. The maximum Gasteiger partial charge on any atom is 0.241 e. The van der Waals surface area contributed by atoms with Crippen molar-refractivity contribution in [2.75, 3.05) is 37.6 Å². The summed E-state index contributed by atoms with van der Waals surface area (Å²) in [6, 6.07) is 8.62. The molecule has 3 heterocycles. The third-order valence-electron chi connectivity index (χ3n) is 5.62. The van der Waals surface area contributed by atoms with Crippen LogP contribution < -0.4 is 10.2 Å². The number of nitrogens with zero attached hydrogens (tertiary/aromatic N) is 2. The van der Waals surface area contributed by atoms with Crippen molar-refractivity contribution in [1.29, 1.82) is 0 Å². The fourth-order valence-electron chi connectivity index (χ4n) is 4.47. The number of nitrogens with one attached hydrogen (secondary N) is 1. The van der Waals surface area contributed by atoms with Crippen LogP contribution in [0.2, 0.25) is 0 Å². The first-order valence-electron chi connectivity index (χ1n) is 8.55. The van der Waals surface area contributed by atoms with Gasteiger partial charge in [0.05, 0.1) is 6.54 Å². The van der Waals surface area contributed by atoms with Gasteiger partial charge in [0.2, 0.25) is 5.91 Å². The molecule has 2 saturated heterocycles. The van der Waals surface area contributed by atoms with Gasteiger partial charge in [-0.1, -0.05) is 18.2 Å². The van der Waals surface area contributed by atoms with Crippen molar-refractivity contribution in [3.63, 3.8) is 0 Å². The first-order chi connectivity index (χ1) is 10.7. The first kappa shape index (κ1) is 14.2. The summed E-state index contributed by atoms with van der Waals surface area (Å²) >= 11 is 0. The lowest BCUT2D eigenvalue weighted by Gasteiger charge is -2.35. The van der Waals surface area contributed by atoms with Crippen LogP contribution in [0.4, 0.5) is 5.69 Å². The summed E-state index contributed by atoms with van der Waals surface area (Å²) in [5.74, 6) is 1.84. The van der Waals surface area contributed by atoms with E-state index in [1.54, 1.807) is 0 Å². The highest BCUT2D eigenvalue weighted by molar-refractivity contribution is 5.97. The Morgan fingerprint density at radius 3 is 3.00 bits per heavy atom. The number of hydrogen-bond acceptors (Lipinski definition) is 3. The van der Waals surface area contributed by atoms with E-state index in [2.05, 4.69) is 35.3 Å². The van der Waals surface area contributed by atoms with Gasteiger partial charge in [0.1, 0.15) is 0 Å². The van der Waals surface area contributed by atoms with Gasteiger partial charge in [0.15, 0.2) is 0 Å². The summed E-state index contributed by atoms with van der Waals surface area (Å²) in [6.07, 6.45) is 2.22. The van der Waals surface area contributed by atoms with Gasteiger partial charge in [-0.3, -0.25) is 9.69 Å². The fourth-order valence-corrected chi connectivity index (χ4v) is 4.47. The summed E-state index contributed by atoms with van der Waals surface area (Å²) in [4.78, 5) is 17.2. The molecule has 3 unspecified atom stereocenters. The molecule has 0 aromatic heterocycles. The van der Waals surface area contributed by atoms with Crippen LogP contribution in [-0.2, 0) is 11.2 Å². The number of hydrogen-bond donors (Lipinski definition) is 1. The normalized spacial score (nSPS) is 31.1. The third-order valence-corrected chi connectivity index (χ3v) is 5.62. The van der Waals surface area contributed by atoms with E-state index in [1.165, 1.54) is 18.5 Å². The molecular formula is C18H25N3O. The maximum atomic E-state index is 12.8. The van der Waals surface area contributed by atoms with Gasteiger partial charge in [0, 0.05) is 18.3 Å². The Kier molecular flexibility index (Phi) is 3.66. The molecular weight excluding hydrogens is 274 g/mol. The minimum absolute atomic E-state index is 0.266. The van der Waals surface area contributed by atoms with Crippen LogP contribution in [0.15, 0.2) is 24.3 Å². The summed E-state index contributed by atoms with van der Waals surface area (Å²) in [5.41, 5.74) is 2.43. The molecule has 1 N–H and O–H groups in total. The molecule has 0 aliphatic carbocycles. The maximum absolute atomic E-state index is 12.8. The highest BCUT2D eigenvalue weighted by Gasteiger charge is 2.35. The molecule has 118 valence electrons. The number of carbonyl (C=O) groups is 1. The van der Waals surface area contributed by atoms with E-state index in [1.807, 2.05) is 11.0 Å². The highest BCUT2D eigenvalue weighted by Crippen LogP contribution is 2.32. The number of piperidine rings is 1. The van der Waals surface area contributed by atoms with Gasteiger partial charge in [-0.15, -0.1) is 0 Å². The van der Waals surface area contributed by atoms with Crippen molar-refractivity contribution in [2.24, 2.45) is 11.8 Å². The lowest BCUT2D eigenvalue weighted by atomic mass is 9.89. The molecule has 22 heavy (non-hydrogen) atoms. The average Bonchev–Trinajstić information content (AvgIpc) is 3.09. The van der Waals surface area contributed by atoms with Crippen molar-refractivity contribution in [3.05, 3.63) is 29.8 Å². The van der Waals surface area contributed by atoms with E-state index < -0.39 is 0 Å². The predicted molar refractivity (Wildman–Crippen MR) is 88.0 cm³/mol. The minimum Gasteiger partial charge on any atom is -0.316 e. The number of likely N-dealkylation sites (tertiary alicyclic amines) is 1. The van der Waals surface area contributed by atoms with E-state index in [0.717, 1.165) is 43.6 Å². The Bertz CT molecular complexity index is 573. The third kappa shape index (κ3) is 2.44. The van der Waals surface area contributed by atoms with E-state index in [0.29, 0.717) is 6.54 Å². The molecule has 0 spiro atoms. The summed E-state index contributed by atoms with van der Waals surface area (Å²) in [6.45, 7) is 7.17. The van der Waals surface area contributed by atoms with Crippen LogP contribution in [0.5, 0.6) is 0 Å². The van der Waals surface area contributed by atoms with Gasteiger partial charge in [-0.25, -0.2) is 0 Å². The standard InChI is InChI=1S/C18H25N3O/c1-13-8-14-4-2-3-5-17(14)21(13)18(22)12-20-7-6-15-9-19-10-16(15)11-20/h2-5,13,15-16,19H,6-12H2,1H3. The quantitative estimate of drug-likeness (QED) is 0.899. The molecule has 4 heteroatoms. The topological polar surface area (TPSA) is 35.6 Å². The number of para-hydroxylation sites is 1. The zero-order valence-corrected chi connectivity index (χ0v) is 13.3. The number of carbonyl (C=O) groups excluding carboxylic acids is 1. The molecule has 1 amide bonds. The Balaban J connectivity index is 1.44. The Morgan fingerprint density at radius 1 is 1.27 bits per heavy atom. The van der Waals surface area contributed by atoms with Gasteiger partial charge >= 0.3 is 0 Å². The second-order valence-corrected chi connectivity index (χ2v) is 7.15. The molecule has 0 radical (unpaired) electrons. The van der Waals surface area contributed by atoms with Crippen molar-refractivity contribution in [2.45, 2.75) is 25.8 Å². The highest BCUT2D eigenvalue weighted by atomic mass is 16.2. The fraction of sp³-hybridized carbons (Fsp3) is 0.611. The SMILES string of the molecule is CC1Cc2ccccc2N1C(=O)CN1CCC2CNCC2C1. The second-order valence-electron chi connectivity index (χ2n) is 7.15. The molecule has 3 aliphatic rings. The summed E-state index contributed by atoms with van der Waals surface area (Å²) in [5, 5.41) is 3.49. The molecule has 0 saturated carbocycles. The van der Waals surface area contributed by atoms with E-state index >= 15 is 0 Å². The number of benzene rings is 1. The second kappa shape index (κ2) is 5.67. The van der Waals surface area contributed by atoms with Crippen LogP contribution >= 0.6 is 0 Å². The Hall–Kier alpha value is -1.39. The summed E-state index contributed by atoms with van der Waals surface area (Å²) in [7, 11) is 0. The van der Waals surface area contributed by atoms with Gasteiger partial charge in [-0.2, -0.15) is 0 Å². The Morgan fingerprint density at radius 2 is 2.09 bits per heavy atom. The first-order valence-corrected chi connectivity index (χ1v) is 8.55. The lowest BCUT2D eigenvalue weighted by Crippen LogP contribution is -2.47. The van der Waals surface area contributed by atoms with Gasteiger partial charge in [-0.05, 0) is 62.9 Å². The van der Waals surface area contributed by atoms with Crippen molar-refractivity contribution in [3.8, 4) is 0 Å². The van der Waals surface area contributed by atoms with E-state index in [9.17, 15) is 4.79 Å². The average molecular weight is 299 g/mol. The van der Waals surface area contributed by atoms with E-state index in [-0.39, 0.29) is 11.9 Å². The zero-order valence-electron chi connectivity index (χ0n) is 13.3. The molecule has 2 fully saturated rings. The van der Waals surface area contributed by atoms with Crippen LogP contribution in [0.1, 0.15) is 18.9 Å². The summed E-state index contributed by atoms with van der Waals surface area (Å²) < 4.78 is 0. The van der Waals surface area contributed by atoms with Crippen LogP contribution in [0.3, 0.4) is 0 Å². The number of amides is 1. The van der Waals surface area contributed by atoms with Crippen LogP contribution in [0, 0.1) is 11.8 Å². The van der Waals surface area contributed by atoms with Crippen molar-refractivity contribution >= 4 is 11.6 Å². The smallest absolute Gasteiger partial charge is 0.241 e. The molecule has 1 aromatic carbocycles. The zero-order chi connectivity index (χ0) is 15.1. The number of rotatable bonds is 2. The van der Waals surface area contributed by atoms with Gasteiger partial charge in [0.25, 0.3) is 0 Å². The van der Waals surface area contributed by atoms with Crippen LogP contribution in [-0.4, -0.2) is 49.6 Å². The molecule has 4 nitrogen and oxygen atoms in total. The molecule has 4 rings (SSSR count). The van der Waals surface area contributed by atoms with Crippen molar-refractivity contribution in [1.82, 2.24) is 10.2 Å². The minimum atomic E-state index is 0.266. The molecule has 3 atom stereocenters. The molecule has 0 bridgehead atoms. The lowest BCUT2D eigenvalue weighted by molar-refractivity contribution is -0.120. The van der Waals surface area contributed by atoms with Crippen LogP contribution in [0.25, 0.3) is 0 Å². The monoisotopic (exact) mass is 299 g/mol. The molecule has 3 aliphatic heterocycles. The number of fused-ring (bicyclic) bond motifs is 2. The Labute approximate surface area is 132 Å². The largest absolute Gasteiger partial charge is 0.316 e. The number of anilines is 1. The predicted octanol–water partition coefficient (Wildman–Crippen LogP) is 1.51. The van der Waals surface area contributed by atoms with Gasteiger partial charge < -0.3 is 10.2 Å². The van der Waals surface area contributed by atoms with Crippen molar-refractivity contribution < 1.29 is 4.79 Å². The van der Waals surface area contributed by atoms with E-state index in [4.69, 9.17) is 0 Å².